The Hall–Kier alpha value is -2.95. The first-order valence-corrected chi connectivity index (χ1v) is 8.92. The molecule has 0 aliphatic carbocycles. The zero-order valence-corrected chi connectivity index (χ0v) is 14.8. The summed E-state index contributed by atoms with van der Waals surface area (Å²) < 4.78 is 6.07. The molecule has 0 radical (unpaired) electrons. The van der Waals surface area contributed by atoms with Crippen molar-refractivity contribution in [2.24, 2.45) is 0 Å². The van der Waals surface area contributed by atoms with Crippen LogP contribution in [-0.4, -0.2) is 40.0 Å². The number of aromatic nitrogens is 2. The summed E-state index contributed by atoms with van der Waals surface area (Å²) in [6.07, 6.45) is 5.14. The normalized spacial score (nSPS) is 15.2. The van der Waals surface area contributed by atoms with E-state index in [1.165, 1.54) is 5.56 Å². The van der Waals surface area contributed by atoms with Crippen LogP contribution in [-0.2, 0) is 0 Å². The molecule has 4 rings (SSSR count). The zero-order valence-electron chi connectivity index (χ0n) is 14.8. The predicted octanol–water partition coefficient (Wildman–Crippen LogP) is 3.62. The topological polar surface area (TPSA) is 55.3 Å². The quantitative estimate of drug-likeness (QED) is 0.726. The number of likely N-dealkylation sites (tertiary alicyclic amines) is 1. The lowest BCUT2D eigenvalue weighted by Gasteiger charge is -2.32. The van der Waals surface area contributed by atoms with Gasteiger partial charge in [-0.25, -0.2) is 0 Å². The van der Waals surface area contributed by atoms with Gasteiger partial charge in [-0.05, 0) is 42.8 Å². The molecule has 1 saturated heterocycles. The lowest BCUT2D eigenvalue weighted by molar-refractivity contribution is 0.0595. The Labute approximate surface area is 152 Å². The van der Waals surface area contributed by atoms with Crippen molar-refractivity contribution in [1.29, 1.82) is 0 Å². The molecule has 2 aromatic carbocycles. The molecule has 0 atom stereocenters. The van der Waals surface area contributed by atoms with Crippen LogP contribution in [0.2, 0.25) is 0 Å². The van der Waals surface area contributed by atoms with E-state index >= 15 is 0 Å². The van der Waals surface area contributed by atoms with E-state index in [0.29, 0.717) is 18.7 Å². The molecule has 3 aromatic rings. The van der Waals surface area contributed by atoms with Crippen LogP contribution in [0.4, 0.5) is 0 Å². The number of amides is 1. The number of rotatable bonds is 3. The second-order valence-electron chi connectivity index (χ2n) is 6.69. The van der Waals surface area contributed by atoms with Gasteiger partial charge in [0.15, 0.2) is 0 Å². The largest absolute Gasteiger partial charge is 0.490 e. The van der Waals surface area contributed by atoms with Gasteiger partial charge in [0.2, 0.25) is 0 Å². The van der Waals surface area contributed by atoms with E-state index in [2.05, 4.69) is 23.0 Å². The van der Waals surface area contributed by atoms with Gasteiger partial charge in [0, 0.05) is 43.9 Å². The van der Waals surface area contributed by atoms with Crippen molar-refractivity contribution in [3.05, 3.63) is 66.0 Å². The van der Waals surface area contributed by atoms with Crippen LogP contribution in [0.25, 0.3) is 11.0 Å². The van der Waals surface area contributed by atoms with E-state index in [1.54, 1.807) is 12.4 Å². The zero-order chi connectivity index (χ0) is 17.9. The first kappa shape index (κ1) is 16.5. The molecule has 1 aliphatic heterocycles. The number of benzene rings is 2. The monoisotopic (exact) mass is 347 g/mol. The highest BCUT2D eigenvalue weighted by Gasteiger charge is 2.25. The molecule has 0 N–H and O–H groups in total. The third-order valence-corrected chi connectivity index (χ3v) is 4.74. The molecule has 0 spiro atoms. The average molecular weight is 347 g/mol. The van der Waals surface area contributed by atoms with Crippen LogP contribution < -0.4 is 4.74 Å². The van der Waals surface area contributed by atoms with Crippen LogP contribution in [0.3, 0.4) is 0 Å². The number of carbonyl (C=O) groups excluding carboxylic acids is 1. The molecule has 1 amide bonds. The Kier molecular flexibility index (Phi) is 4.52. The molecule has 0 bridgehead atoms. The molecular formula is C21H21N3O2. The van der Waals surface area contributed by atoms with Gasteiger partial charge in [-0.1, -0.05) is 12.1 Å². The first-order valence-electron chi connectivity index (χ1n) is 8.92. The van der Waals surface area contributed by atoms with E-state index in [0.717, 1.165) is 29.6 Å². The average Bonchev–Trinajstić information content (AvgIpc) is 2.68. The third-order valence-electron chi connectivity index (χ3n) is 4.74. The highest BCUT2D eigenvalue weighted by atomic mass is 16.5. The lowest BCUT2D eigenvalue weighted by atomic mass is 10.1. The Balaban J connectivity index is 1.39. The van der Waals surface area contributed by atoms with E-state index < -0.39 is 0 Å². The molecule has 0 saturated carbocycles. The molecule has 2 heterocycles. The first-order chi connectivity index (χ1) is 12.7. The minimum absolute atomic E-state index is 0.0477. The molecular weight excluding hydrogens is 326 g/mol. The Morgan fingerprint density at radius 1 is 1.04 bits per heavy atom. The van der Waals surface area contributed by atoms with E-state index in [9.17, 15) is 4.79 Å². The maximum Gasteiger partial charge on any atom is 0.253 e. The smallest absolute Gasteiger partial charge is 0.253 e. The third kappa shape index (κ3) is 3.52. The number of aryl methyl sites for hydroxylation is 1. The van der Waals surface area contributed by atoms with Gasteiger partial charge < -0.3 is 9.64 Å². The van der Waals surface area contributed by atoms with Crippen LogP contribution in [0.1, 0.15) is 28.8 Å². The molecule has 26 heavy (non-hydrogen) atoms. The number of fused-ring (bicyclic) bond motifs is 1. The van der Waals surface area contributed by atoms with Gasteiger partial charge in [0.1, 0.15) is 11.9 Å². The standard InChI is InChI=1S/C21H21N3O2/c1-15-3-2-4-18(13-15)26-17-7-11-24(12-8-17)21(25)16-5-6-19-20(14-16)23-10-9-22-19/h2-6,9-10,13-14,17H,7-8,11-12H2,1H3. The summed E-state index contributed by atoms with van der Waals surface area (Å²) in [7, 11) is 0. The Morgan fingerprint density at radius 2 is 1.81 bits per heavy atom. The summed E-state index contributed by atoms with van der Waals surface area (Å²) in [6.45, 7) is 3.46. The van der Waals surface area contributed by atoms with Crippen LogP contribution >= 0.6 is 0 Å². The number of piperidine rings is 1. The maximum absolute atomic E-state index is 12.8. The molecule has 0 unspecified atom stereocenters. The van der Waals surface area contributed by atoms with Crippen molar-refractivity contribution >= 4 is 16.9 Å². The van der Waals surface area contributed by atoms with Gasteiger partial charge in [-0.3, -0.25) is 14.8 Å². The van der Waals surface area contributed by atoms with E-state index in [1.807, 2.05) is 41.3 Å². The van der Waals surface area contributed by atoms with Crippen LogP contribution in [0.5, 0.6) is 5.75 Å². The second kappa shape index (κ2) is 7.12. The molecule has 1 aliphatic rings. The molecule has 5 nitrogen and oxygen atoms in total. The van der Waals surface area contributed by atoms with Gasteiger partial charge in [0.25, 0.3) is 5.91 Å². The molecule has 5 heteroatoms. The van der Waals surface area contributed by atoms with E-state index in [-0.39, 0.29) is 12.0 Å². The summed E-state index contributed by atoms with van der Waals surface area (Å²) in [5.74, 6) is 0.953. The Bertz CT molecular complexity index is 933. The number of hydrogen-bond donors (Lipinski definition) is 0. The fraction of sp³-hybridized carbons (Fsp3) is 0.286. The fourth-order valence-electron chi connectivity index (χ4n) is 3.34. The summed E-state index contributed by atoms with van der Waals surface area (Å²) in [5.41, 5.74) is 3.40. The predicted molar refractivity (Wildman–Crippen MR) is 100 cm³/mol. The van der Waals surface area contributed by atoms with Crippen molar-refractivity contribution in [1.82, 2.24) is 14.9 Å². The second-order valence-corrected chi connectivity index (χ2v) is 6.69. The fourth-order valence-corrected chi connectivity index (χ4v) is 3.34. The Morgan fingerprint density at radius 3 is 2.58 bits per heavy atom. The van der Waals surface area contributed by atoms with E-state index in [4.69, 9.17) is 4.74 Å². The van der Waals surface area contributed by atoms with Crippen molar-refractivity contribution < 1.29 is 9.53 Å². The summed E-state index contributed by atoms with van der Waals surface area (Å²) in [4.78, 5) is 23.2. The molecule has 1 aromatic heterocycles. The van der Waals surface area contributed by atoms with Gasteiger partial charge in [-0.2, -0.15) is 0 Å². The SMILES string of the molecule is Cc1cccc(OC2CCN(C(=O)c3ccc4nccnc4c3)CC2)c1. The van der Waals surface area contributed by atoms with Gasteiger partial charge in [-0.15, -0.1) is 0 Å². The number of carbonyl (C=O) groups is 1. The summed E-state index contributed by atoms with van der Waals surface area (Å²) in [5, 5.41) is 0. The van der Waals surface area contributed by atoms with Crippen LogP contribution in [0.15, 0.2) is 54.9 Å². The number of nitrogens with zero attached hydrogens (tertiary/aromatic N) is 3. The minimum Gasteiger partial charge on any atom is -0.490 e. The van der Waals surface area contributed by atoms with Crippen LogP contribution in [0, 0.1) is 6.92 Å². The van der Waals surface area contributed by atoms with Gasteiger partial charge in [0.05, 0.1) is 11.0 Å². The van der Waals surface area contributed by atoms with Gasteiger partial charge >= 0.3 is 0 Å². The summed E-state index contributed by atoms with van der Waals surface area (Å²) >= 11 is 0. The molecule has 1 fully saturated rings. The lowest BCUT2D eigenvalue weighted by Crippen LogP contribution is -2.41. The van der Waals surface area contributed by atoms with Crippen molar-refractivity contribution in [3.8, 4) is 5.75 Å². The van der Waals surface area contributed by atoms with Crippen molar-refractivity contribution in [2.75, 3.05) is 13.1 Å². The highest BCUT2D eigenvalue weighted by Crippen LogP contribution is 2.21. The number of ether oxygens (including phenoxy) is 1. The molecule has 132 valence electrons. The highest BCUT2D eigenvalue weighted by molar-refractivity contribution is 5.97. The van der Waals surface area contributed by atoms with Crippen molar-refractivity contribution in [2.45, 2.75) is 25.9 Å². The van der Waals surface area contributed by atoms with Crippen molar-refractivity contribution in [3.63, 3.8) is 0 Å². The summed E-state index contributed by atoms with van der Waals surface area (Å²) in [6, 6.07) is 13.6. The minimum atomic E-state index is 0.0477. The number of hydrogen-bond acceptors (Lipinski definition) is 4. The maximum atomic E-state index is 12.8.